The van der Waals surface area contributed by atoms with Gasteiger partial charge in [-0.05, 0) is 66.2 Å². The van der Waals surface area contributed by atoms with Crippen molar-refractivity contribution in [3.63, 3.8) is 0 Å². The van der Waals surface area contributed by atoms with Crippen LogP contribution in [0, 0.1) is 6.92 Å². The Kier molecular flexibility index (Phi) is 13.1. The second kappa shape index (κ2) is 18.1. The van der Waals surface area contributed by atoms with Gasteiger partial charge in [-0.25, -0.2) is 9.78 Å². The van der Waals surface area contributed by atoms with Crippen LogP contribution in [0.5, 0.6) is 0 Å². The number of para-hydroxylation sites is 1. The molecule has 0 unspecified atom stereocenters. The fourth-order valence-corrected chi connectivity index (χ4v) is 15.3. The molecule has 1 aliphatic rings. The molecule has 310 valence electrons. The van der Waals surface area contributed by atoms with Crippen LogP contribution in [0.15, 0.2) is 89.9 Å². The predicted octanol–water partition coefficient (Wildman–Crippen LogP) is 9.18. The number of aryl methyl sites for hydroxylation is 1. The van der Waals surface area contributed by atoms with E-state index in [-0.39, 0.29) is 5.04 Å². The molecule has 0 fully saturated rings. The average molecular weight is 865 g/mol. The van der Waals surface area contributed by atoms with Crippen LogP contribution in [-0.4, -0.2) is 69.0 Å². The zero-order valence-corrected chi connectivity index (χ0v) is 39.2. The Morgan fingerprint density at radius 2 is 1.58 bits per heavy atom. The molecule has 0 N–H and O–H groups in total. The maximum Gasteiger partial charge on any atom is 0.357 e. The highest BCUT2D eigenvalue weighted by Gasteiger charge is 2.50. The highest BCUT2D eigenvalue weighted by atomic mass is 32.1. The fraction of sp³-hybridized carbons (Fsp3) is 0.400. The van der Waals surface area contributed by atoms with Crippen molar-refractivity contribution in [1.29, 1.82) is 0 Å². The van der Waals surface area contributed by atoms with Crippen LogP contribution in [0.1, 0.15) is 60.1 Å². The van der Waals surface area contributed by atoms with Crippen molar-refractivity contribution < 1.29 is 18.7 Å². The molecule has 0 radical (unpaired) electrons. The maximum absolute atomic E-state index is 13.2. The molecule has 59 heavy (non-hydrogen) atoms. The SMILES string of the molecule is COC(=O)c1nc(N2CCCc3c2nnc(/N=c2\sc4ccccc4n2COCC[Si](C)(C)C)c3C)sc1CCCO[Si](c1ccccc1)(c1ccccc1)C(C)(C)C. The first-order valence-electron chi connectivity index (χ1n) is 20.5. The van der Waals surface area contributed by atoms with Gasteiger partial charge in [0, 0.05) is 43.8 Å². The van der Waals surface area contributed by atoms with Gasteiger partial charge in [-0.3, -0.25) is 4.57 Å². The third-order valence-electron chi connectivity index (χ3n) is 10.9. The lowest BCUT2D eigenvalue weighted by Crippen LogP contribution is -2.66. The molecular weight excluding hydrogens is 809 g/mol. The lowest BCUT2D eigenvalue weighted by atomic mass is 10.0. The van der Waals surface area contributed by atoms with E-state index in [2.05, 4.69) is 142 Å². The Morgan fingerprint density at radius 1 is 0.898 bits per heavy atom. The molecule has 14 heteroatoms. The highest BCUT2D eigenvalue weighted by Crippen LogP contribution is 2.40. The van der Waals surface area contributed by atoms with E-state index in [9.17, 15) is 4.79 Å². The van der Waals surface area contributed by atoms with Gasteiger partial charge < -0.3 is 18.8 Å². The number of ether oxygens (including phenoxy) is 2. The molecule has 0 bridgehead atoms. The number of carbonyl (C=O) groups excluding carboxylic acids is 1. The predicted molar refractivity (Wildman–Crippen MR) is 247 cm³/mol. The summed E-state index contributed by atoms with van der Waals surface area (Å²) in [6.07, 6.45) is 3.10. The van der Waals surface area contributed by atoms with Crippen LogP contribution in [0.2, 0.25) is 30.7 Å². The molecule has 0 aliphatic carbocycles. The number of benzene rings is 3. The summed E-state index contributed by atoms with van der Waals surface area (Å²) in [5, 5.41) is 12.6. The lowest BCUT2D eigenvalue weighted by Gasteiger charge is -2.43. The number of carbonyl (C=O) groups is 1. The molecule has 7 rings (SSSR count). The molecule has 10 nitrogen and oxygen atoms in total. The van der Waals surface area contributed by atoms with E-state index in [4.69, 9.17) is 34.1 Å². The summed E-state index contributed by atoms with van der Waals surface area (Å²) in [6.45, 7) is 18.4. The number of nitrogens with zero attached hydrogens (tertiary/aromatic N) is 6. The molecule has 1 aliphatic heterocycles. The van der Waals surface area contributed by atoms with Crippen LogP contribution in [-0.2, 0) is 33.5 Å². The van der Waals surface area contributed by atoms with Gasteiger partial charge in [0.25, 0.3) is 8.32 Å². The number of aromatic nitrogens is 4. The summed E-state index contributed by atoms with van der Waals surface area (Å²) in [6, 6.07) is 30.8. The van der Waals surface area contributed by atoms with E-state index in [0.29, 0.717) is 42.9 Å². The second-order valence-electron chi connectivity index (χ2n) is 17.3. The van der Waals surface area contributed by atoms with Crippen molar-refractivity contribution in [2.24, 2.45) is 4.99 Å². The fourth-order valence-electron chi connectivity index (χ4n) is 7.82. The number of anilines is 2. The molecule has 0 saturated carbocycles. The molecule has 3 aromatic heterocycles. The first kappa shape index (κ1) is 42.8. The van der Waals surface area contributed by atoms with Gasteiger partial charge in [-0.15, -0.1) is 21.5 Å². The number of hydrogen-bond donors (Lipinski definition) is 0. The molecule has 0 atom stereocenters. The van der Waals surface area contributed by atoms with E-state index < -0.39 is 22.4 Å². The quantitative estimate of drug-likeness (QED) is 0.0572. The van der Waals surface area contributed by atoms with Crippen LogP contribution < -0.4 is 20.1 Å². The molecule has 0 spiro atoms. The van der Waals surface area contributed by atoms with Crippen molar-refractivity contribution in [1.82, 2.24) is 19.7 Å². The highest BCUT2D eigenvalue weighted by molar-refractivity contribution is 7.16. The summed E-state index contributed by atoms with van der Waals surface area (Å²) >= 11 is 3.15. The van der Waals surface area contributed by atoms with Crippen LogP contribution in [0.25, 0.3) is 10.2 Å². The minimum absolute atomic E-state index is 0.126. The summed E-state index contributed by atoms with van der Waals surface area (Å²) in [7, 11) is -2.50. The Hall–Kier alpha value is -4.32. The number of fused-ring (bicyclic) bond motifs is 2. The van der Waals surface area contributed by atoms with E-state index in [0.717, 1.165) is 68.8 Å². The monoisotopic (exact) mass is 864 g/mol. The van der Waals surface area contributed by atoms with E-state index in [1.165, 1.54) is 28.8 Å². The maximum atomic E-state index is 13.2. The second-order valence-corrected chi connectivity index (χ2v) is 29.3. The molecule has 3 aromatic carbocycles. The van der Waals surface area contributed by atoms with Crippen LogP contribution in [0.3, 0.4) is 0 Å². The Labute approximate surface area is 358 Å². The van der Waals surface area contributed by atoms with Gasteiger partial charge in [0.1, 0.15) is 6.73 Å². The largest absolute Gasteiger partial charge is 0.464 e. The Bertz CT molecular complexity index is 2420. The van der Waals surface area contributed by atoms with Crippen molar-refractivity contribution in [3.05, 3.63) is 111 Å². The summed E-state index contributed by atoms with van der Waals surface area (Å²) in [4.78, 5) is 27.0. The lowest BCUT2D eigenvalue weighted by molar-refractivity contribution is 0.0593. The Balaban J connectivity index is 1.14. The summed E-state index contributed by atoms with van der Waals surface area (Å²) in [5.74, 6) is 0.924. The topological polar surface area (TPSA) is 104 Å². The Morgan fingerprint density at radius 3 is 2.24 bits per heavy atom. The molecule has 4 heterocycles. The number of hydrogen-bond acceptors (Lipinski definition) is 11. The van der Waals surface area contributed by atoms with Crippen LogP contribution in [0.4, 0.5) is 16.8 Å². The zero-order valence-electron chi connectivity index (χ0n) is 35.6. The van der Waals surface area contributed by atoms with Crippen molar-refractivity contribution in [2.75, 3.05) is 31.8 Å². The van der Waals surface area contributed by atoms with Crippen molar-refractivity contribution in [3.8, 4) is 0 Å². The van der Waals surface area contributed by atoms with Gasteiger partial charge in [-0.1, -0.05) is 125 Å². The normalized spacial score (nSPS) is 13.9. The molecular formula is C45H56N6O4S2Si2. The third-order valence-corrected chi connectivity index (χ3v) is 19.9. The first-order chi connectivity index (χ1) is 28.3. The van der Waals surface area contributed by atoms with Crippen LogP contribution >= 0.6 is 22.7 Å². The number of esters is 1. The molecule has 0 saturated heterocycles. The summed E-state index contributed by atoms with van der Waals surface area (Å²) in [5.41, 5.74) is 3.53. The molecule has 0 amide bonds. The number of thiazole rings is 2. The van der Waals surface area contributed by atoms with Gasteiger partial charge in [0.15, 0.2) is 27.3 Å². The van der Waals surface area contributed by atoms with Gasteiger partial charge in [-0.2, -0.15) is 4.99 Å². The van der Waals surface area contributed by atoms with E-state index in [1.807, 2.05) is 0 Å². The average Bonchev–Trinajstić information content (AvgIpc) is 3.81. The summed E-state index contributed by atoms with van der Waals surface area (Å²) < 4.78 is 21.9. The first-order valence-corrected chi connectivity index (χ1v) is 27.7. The van der Waals surface area contributed by atoms with Gasteiger partial charge in [0.05, 0.1) is 17.3 Å². The van der Waals surface area contributed by atoms with E-state index >= 15 is 0 Å². The minimum atomic E-state index is -2.69. The van der Waals surface area contributed by atoms with Crippen molar-refractivity contribution in [2.45, 2.75) is 90.8 Å². The van der Waals surface area contributed by atoms with E-state index in [1.54, 1.807) is 11.3 Å². The third kappa shape index (κ3) is 9.22. The van der Waals surface area contributed by atoms with Gasteiger partial charge in [0.2, 0.25) is 0 Å². The number of methoxy groups -OCH3 is 1. The van der Waals surface area contributed by atoms with Crippen molar-refractivity contribution >= 4 is 82.4 Å². The molecule has 6 aromatic rings. The standard InChI is InChI=1S/C45H56N6O4S2Si2/c1-32-35-23-17-27-50(41(35)49-48-40(32)47-44-51(31-54-29-30-58(6,7)8)36-24-15-16-25-37(36)56-44)43-46-39(42(52)53-5)38(57-43)26-18-28-55-59(45(2,3)4,33-19-11-9-12-20-33)34-21-13-10-14-22-34/h9-16,19-22,24-25H,17-18,23,26-31H2,1-8H3/b47-44-. The smallest absolute Gasteiger partial charge is 0.357 e. The van der Waals surface area contributed by atoms with Gasteiger partial charge >= 0.3 is 5.97 Å². The minimum Gasteiger partial charge on any atom is -0.464 e. The zero-order chi connectivity index (χ0) is 41.8. The number of rotatable bonds is 15.